The minimum Gasteiger partial charge on any atom is -0.275 e. The SMILES string of the molecule is CON(C)C(=O)C1CC12CCC2. The van der Waals surface area contributed by atoms with Crippen LogP contribution in [0.1, 0.15) is 25.7 Å². The van der Waals surface area contributed by atoms with Gasteiger partial charge in [-0.1, -0.05) is 6.42 Å². The molecule has 3 heteroatoms. The van der Waals surface area contributed by atoms with E-state index in [4.69, 9.17) is 4.84 Å². The van der Waals surface area contributed by atoms with Crippen molar-refractivity contribution >= 4 is 5.91 Å². The average Bonchev–Trinajstić information content (AvgIpc) is 2.75. The van der Waals surface area contributed by atoms with Gasteiger partial charge in [0, 0.05) is 13.0 Å². The van der Waals surface area contributed by atoms with Gasteiger partial charge in [-0.3, -0.25) is 9.63 Å². The lowest BCUT2D eigenvalue weighted by Crippen LogP contribution is -2.30. The highest BCUT2D eigenvalue weighted by Gasteiger charge is 2.61. The van der Waals surface area contributed by atoms with E-state index in [1.807, 2.05) is 0 Å². The summed E-state index contributed by atoms with van der Waals surface area (Å²) in [6.07, 6.45) is 4.90. The molecule has 1 spiro atoms. The fraction of sp³-hybridized carbons (Fsp3) is 0.889. The summed E-state index contributed by atoms with van der Waals surface area (Å²) in [5.41, 5.74) is 0.421. The van der Waals surface area contributed by atoms with Crippen molar-refractivity contribution in [2.24, 2.45) is 11.3 Å². The van der Waals surface area contributed by atoms with Gasteiger partial charge in [0.1, 0.15) is 0 Å². The maximum atomic E-state index is 11.5. The highest BCUT2D eigenvalue weighted by Crippen LogP contribution is 2.65. The third kappa shape index (κ3) is 0.959. The predicted molar refractivity (Wildman–Crippen MR) is 44.2 cm³/mol. The van der Waals surface area contributed by atoms with Crippen LogP contribution in [0.15, 0.2) is 0 Å². The van der Waals surface area contributed by atoms with Gasteiger partial charge >= 0.3 is 0 Å². The van der Waals surface area contributed by atoms with Crippen molar-refractivity contribution in [1.82, 2.24) is 5.06 Å². The molecule has 1 amide bonds. The molecule has 2 aliphatic rings. The standard InChI is InChI=1S/C9H15NO2/c1-10(12-2)8(11)7-6-9(7)4-3-5-9/h7H,3-6H2,1-2H3. The first-order chi connectivity index (χ1) is 5.69. The Morgan fingerprint density at radius 2 is 2.25 bits per heavy atom. The van der Waals surface area contributed by atoms with E-state index in [0.29, 0.717) is 5.41 Å². The fourth-order valence-corrected chi connectivity index (χ4v) is 2.19. The summed E-state index contributed by atoms with van der Waals surface area (Å²) in [6, 6.07) is 0. The number of carbonyl (C=O) groups is 1. The van der Waals surface area contributed by atoms with Crippen molar-refractivity contribution in [1.29, 1.82) is 0 Å². The molecule has 0 aromatic heterocycles. The number of nitrogens with zero attached hydrogens (tertiary/aromatic N) is 1. The van der Waals surface area contributed by atoms with Crippen LogP contribution in [0.2, 0.25) is 0 Å². The van der Waals surface area contributed by atoms with Crippen LogP contribution in [0.5, 0.6) is 0 Å². The van der Waals surface area contributed by atoms with Crippen LogP contribution in [0.25, 0.3) is 0 Å². The molecule has 2 aliphatic carbocycles. The van der Waals surface area contributed by atoms with Gasteiger partial charge < -0.3 is 0 Å². The maximum Gasteiger partial charge on any atom is 0.249 e. The van der Waals surface area contributed by atoms with E-state index < -0.39 is 0 Å². The second-order valence-electron chi connectivity index (χ2n) is 3.99. The highest BCUT2D eigenvalue weighted by molar-refractivity contribution is 5.81. The van der Waals surface area contributed by atoms with Crippen LogP contribution < -0.4 is 0 Å². The minimum absolute atomic E-state index is 0.164. The minimum atomic E-state index is 0.164. The molecule has 1 atom stereocenters. The Hall–Kier alpha value is -0.570. The van der Waals surface area contributed by atoms with Crippen LogP contribution in [0.3, 0.4) is 0 Å². The summed E-state index contributed by atoms with van der Waals surface area (Å²) in [5, 5.41) is 1.36. The van der Waals surface area contributed by atoms with Gasteiger partial charge in [0.2, 0.25) is 5.91 Å². The number of rotatable bonds is 2. The zero-order valence-electron chi connectivity index (χ0n) is 7.67. The molecule has 0 radical (unpaired) electrons. The van der Waals surface area contributed by atoms with E-state index in [0.717, 1.165) is 6.42 Å². The molecule has 1 unspecified atom stereocenters. The van der Waals surface area contributed by atoms with Crippen LogP contribution in [0.4, 0.5) is 0 Å². The highest BCUT2D eigenvalue weighted by atomic mass is 16.7. The summed E-state index contributed by atoms with van der Waals surface area (Å²) >= 11 is 0. The van der Waals surface area contributed by atoms with Gasteiger partial charge in [-0.05, 0) is 24.7 Å². The van der Waals surface area contributed by atoms with E-state index in [2.05, 4.69) is 0 Å². The number of carbonyl (C=O) groups excluding carboxylic acids is 1. The summed E-state index contributed by atoms with van der Waals surface area (Å²) < 4.78 is 0. The molecule has 0 heterocycles. The second-order valence-corrected chi connectivity index (χ2v) is 3.99. The monoisotopic (exact) mass is 169 g/mol. The molecule has 0 aromatic rings. The molecule has 3 nitrogen and oxygen atoms in total. The molecule has 2 fully saturated rings. The van der Waals surface area contributed by atoms with Crippen molar-refractivity contribution in [2.45, 2.75) is 25.7 Å². The summed E-state index contributed by atoms with van der Waals surface area (Å²) in [6.45, 7) is 0. The Morgan fingerprint density at radius 3 is 2.58 bits per heavy atom. The third-order valence-corrected chi connectivity index (χ3v) is 3.42. The normalized spacial score (nSPS) is 29.7. The number of hydrogen-bond donors (Lipinski definition) is 0. The molecule has 2 saturated carbocycles. The quantitative estimate of drug-likeness (QED) is 0.581. The Morgan fingerprint density at radius 1 is 1.58 bits per heavy atom. The topological polar surface area (TPSA) is 29.5 Å². The van der Waals surface area contributed by atoms with E-state index >= 15 is 0 Å². The fourth-order valence-electron chi connectivity index (χ4n) is 2.19. The van der Waals surface area contributed by atoms with Gasteiger partial charge in [0.05, 0.1) is 7.11 Å². The van der Waals surface area contributed by atoms with E-state index in [1.54, 1.807) is 7.05 Å². The molecule has 0 saturated heterocycles. The van der Waals surface area contributed by atoms with E-state index in [9.17, 15) is 4.79 Å². The molecule has 0 bridgehead atoms. The lowest BCUT2D eigenvalue weighted by Gasteiger charge is -2.27. The van der Waals surface area contributed by atoms with Gasteiger partial charge in [0.15, 0.2) is 0 Å². The molecule has 0 N–H and O–H groups in total. The summed E-state index contributed by atoms with van der Waals surface area (Å²) in [5.74, 6) is 0.438. The van der Waals surface area contributed by atoms with Gasteiger partial charge in [-0.2, -0.15) is 0 Å². The molecule has 12 heavy (non-hydrogen) atoms. The number of hydrogen-bond acceptors (Lipinski definition) is 2. The van der Waals surface area contributed by atoms with E-state index in [-0.39, 0.29) is 11.8 Å². The molecular formula is C9H15NO2. The molecule has 68 valence electrons. The van der Waals surface area contributed by atoms with Crippen molar-refractivity contribution in [3.8, 4) is 0 Å². The first kappa shape index (κ1) is 8.05. The smallest absolute Gasteiger partial charge is 0.249 e. The maximum absolute atomic E-state index is 11.5. The Kier molecular flexibility index (Phi) is 1.65. The lowest BCUT2D eigenvalue weighted by atomic mass is 9.80. The number of amides is 1. The third-order valence-electron chi connectivity index (χ3n) is 3.42. The first-order valence-corrected chi connectivity index (χ1v) is 4.51. The predicted octanol–water partition coefficient (Wildman–Crippen LogP) is 1.20. The molecular weight excluding hydrogens is 154 g/mol. The summed E-state index contributed by atoms with van der Waals surface area (Å²) in [7, 11) is 3.22. The Bertz CT molecular complexity index is 211. The second kappa shape index (κ2) is 2.46. The van der Waals surface area contributed by atoms with E-state index in [1.165, 1.54) is 31.4 Å². The van der Waals surface area contributed by atoms with Crippen molar-refractivity contribution in [3.05, 3.63) is 0 Å². The lowest BCUT2D eigenvalue weighted by molar-refractivity contribution is -0.171. The average molecular weight is 169 g/mol. The van der Waals surface area contributed by atoms with Crippen LogP contribution in [-0.4, -0.2) is 25.1 Å². The summed E-state index contributed by atoms with van der Waals surface area (Å²) in [4.78, 5) is 16.4. The zero-order valence-corrected chi connectivity index (χ0v) is 7.67. The van der Waals surface area contributed by atoms with Gasteiger partial charge in [-0.25, -0.2) is 5.06 Å². The first-order valence-electron chi connectivity index (χ1n) is 4.51. The van der Waals surface area contributed by atoms with Crippen molar-refractivity contribution in [2.75, 3.05) is 14.2 Å². The van der Waals surface area contributed by atoms with Crippen LogP contribution in [0, 0.1) is 11.3 Å². The molecule has 0 aromatic carbocycles. The van der Waals surface area contributed by atoms with Crippen molar-refractivity contribution in [3.63, 3.8) is 0 Å². The zero-order chi connectivity index (χ0) is 8.77. The van der Waals surface area contributed by atoms with Crippen LogP contribution in [-0.2, 0) is 9.63 Å². The Balaban J connectivity index is 1.91. The molecule has 0 aliphatic heterocycles. The van der Waals surface area contributed by atoms with Crippen molar-refractivity contribution < 1.29 is 9.63 Å². The van der Waals surface area contributed by atoms with Crippen LogP contribution >= 0.6 is 0 Å². The largest absolute Gasteiger partial charge is 0.275 e. The van der Waals surface area contributed by atoms with Gasteiger partial charge in [-0.15, -0.1) is 0 Å². The number of hydroxylamine groups is 2. The molecule has 2 rings (SSSR count). The van der Waals surface area contributed by atoms with Gasteiger partial charge in [0.25, 0.3) is 0 Å². The Labute approximate surface area is 72.6 Å².